The van der Waals surface area contributed by atoms with Gasteiger partial charge < -0.3 is 24.1 Å². The van der Waals surface area contributed by atoms with E-state index >= 15 is 0 Å². The molecule has 29 heavy (non-hydrogen) atoms. The van der Waals surface area contributed by atoms with Gasteiger partial charge in [0.25, 0.3) is 5.91 Å². The van der Waals surface area contributed by atoms with Gasteiger partial charge in [-0.1, -0.05) is 0 Å². The Morgan fingerprint density at radius 3 is 2.90 bits per heavy atom. The first-order valence-electron chi connectivity index (χ1n) is 9.67. The van der Waals surface area contributed by atoms with E-state index in [1.54, 1.807) is 6.08 Å². The molecule has 1 aromatic carbocycles. The minimum atomic E-state index is -0.379. The molecule has 0 spiro atoms. The van der Waals surface area contributed by atoms with Gasteiger partial charge in [0, 0.05) is 36.3 Å². The highest BCUT2D eigenvalue weighted by molar-refractivity contribution is 6.01. The molecule has 0 unspecified atom stereocenters. The van der Waals surface area contributed by atoms with E-state index in [4.69, 9.17) is 14.2 Å². The lowest BCUT2D eigenvalue weighted by molar-refractivity contribution is -0.117. The van der Waals surface area contributed by atoms with Gasteiger partial charge in [-0.15, -0.1) is 0 Å². The number of aromatic nitrogens is 1. The molecule has 1 amide bonds. The lowest BCUT2D eigenvalue weighted by Crippen LogP contribution is -2.32. The van der Waals surface area contributed by atoms with Gasteiger partial charge in [0.15, 0.2) is 11.5 Å². The van der Waals surface area contributed by atoms with E-state index in [2.05, 4.69) is 9.88 Å². The smallest absolute Gasteiger partial charge is 0.262 e. The van der Waals surface area contributed by atoms with Crippen LogP contribution in [0.4, 0.5) is 0 Å². The van der Waals surface area contributed by atoms with Crippen LogP contribution in [0, 0.1) is 25.2 Å². The lowest BCUT2D eigenvalue weighted by Gasteiger charge is -2.11. The minimum Gasteiger partial charge on any atom is -0.454 e. The number of nitrogens with one attached hydrogen (secondary N) is 1. The number of hydrogen-bond donors (Lipinski definition) is 1. The lowest BCUT2D eigenvalue weighted by atomic mass is 10.1. The Balaban J connectivity index is 1.57. The van der Waals surface area contributed by atoms with Crippen molar-refractivity contribution in [2.75, 3.05) is 19.9 Å². The molecule has 2 aliphatic heterocycles. The summed E-state index contributed by atoms with van der Waals surface area (Å²) < 4.78 is 18.4. The molecule has 1 N–H and O–H groups in total. The number of fused-ring (bicyclic) bond motifs is 1. The van der Waals surface area contributed by atoms with Crippen LogP contribution in [0.3, 0.4) is 0 Å². The maximum Gasteiger partial charge on any atom is 0.262 e. The average Bonchev–Trinajstić information content (AvgIpc) is 3.45. The molecule has 1 atom stereocenters. The minimum absolute atomic E-state index is 0.0370. The van der Waals surface area contributed by atoms with E-state index in [1.165, 1.54) is 0 Å². The zero-order valence-electron chi connectivity index (χ0n) is 16.5. The third-order valence-corrected chi connectivity index (χ3v) is 5.26. The topological polar surface area (TPSA) is 85.5 Å². The fourth-order valence-electron chi connectivity index (χ4n) is 3.77. The number of carbonyl (C=O) groups excluding carboxylic acids is 1. The maximum atomic E-state index is 12.4. The quantitative estimate of drug-likeness (QED) is 0.623. The number of carbonyl (C=O) groups is 1. The molecule has 1 aromatic heterocycles. The number of amides is 1. The van der Waals surface area contributed by atoms with Crippen LogP contribution in [0.15, 0.2) is 29.8 Å². The van der Waals surface area contributed by atoms with Crippen LogP contribution in [-0.2, 0) is 9.53 Å². The molecule has 4 rings (SSSR count). The second-order valence-corrected chi connectivity index (χ2v) is 7.21. The molecule has 2 aromatic rings. The van der Waals surface area contributed by atoms with Gasteiger partial charge in [0.05, 0.1) is 6.10 Å². The molecule has 1 fully saturated rings. The number of benzene rings is 1. The number of nitrogens with zero attached hydrogens (tertiary/aromatic N) is 2. The SMILES string of the molecule is Cc1cc(/C=C(\C#N)C(=O)NC[C@H]2CCCO2)c(C)n1-c1ccc2c(c1)OCO2. The third-order valence-electron chi connectivity index (χ3n) is 5.26. The van der Waals surface area contributed by atoms with Crippen LogP contribution >= 0.6 is 0 Å². The summed E-state index contributed by atoms with van der Waals surface area (Å²) in [5, 5.41) is 12.3. The monoisotopic (exact) mass is 393 g/mol. The van der Waals surface area contributed by atoms with Crippen molar-refractivity contribution in [3.8, 4) is 23.3 Å². The number of aryl methyl sites for hydroxylation is 1. The Morgan fingerprint density at radius 2 is 2.14 bits per heavy atom. The van der Waals surface area contributed by atoms with Crippen LogP contribution in [0.25, 0.3) is 11.8 Å². The van der Waals surface area contributed by atoms with E-state index in [0.29, 0.717) is 12.3 Å². The van der Waals surface area contributed by atoms with Crippen molar-refractivity contribution in [3.63, 3.8) is 0 Å². The molecule has 0 saturated carbocycles. The van der Waals surface area contributed by atoms with Gasteiger partial charge in [-0.3, -0.25) is 4.79 Å². The first kappa shape index (κ1) is 19.1. The summed E-state index contributed by atoms with van der Waals surface area (Å²) in [7, 11) is 0. The molecular weight excluding hydrogens is 370 g/mol. The Bertz CT molecular complexity index is 1010. The van der Waals surface area contributed by atoms with E-state index in [9.17, 15) is 10.1 Å². The van der Waals surface area contributed by atoms with Crippen LogP contribution in [0.5, 0.6) is 11.5 Å². The predicted molar refractivity (Wildman–Crippen MR) is 107 cm³/mol. The van der Waals surface area contributed by atoms with Gasteiger partial charge >= 0.3 is 0 Å². The van der Waals surface area contributed by atoms with Crippen molar-refractivity contribution in [2.45, 2.75) is 32.8 Å². The Morgan fingerprint density at radius 1 is 1.31 bits per heavy atom. The van der Waals surface area contributed by atoms with Crippen molar-refractivity contribution in [1.82, 2.24) is 9.88 Å². The first-order chi connectivity index (χ1) is 14.1. The molecule has 0 radical (unpaired) electrons. The summed E-state index contributed by atoms with van der Waals surface area (Å²) >= 11 is 0. The molecule has 3 heterocycles. The first-order valence-corrected chi connectivity index (χ1v) is 9.67. The third kappa shape index (κ3) is 3.84. The Labute approximate surface area is 169 Å². The molecule has 150 valence electrons. The molecule has 2 aliphatic rings. The Hall–Kier alpha value is -3.24. The van der Waals surface area contributed by atoms with Crippen LogP contribution in [0.2, 0.25) is 0 Å². The zero-order chi connectivity index (χ0) is 20.4. The van der Waals surface area contributed by atoms with Crippen LogP contribution in [0.1, 0.15) is 29.8 Å². The second-order valence-electron chi connectivity index (χ2n) is 7.21. The van der Waals surface area contributed by atoms with Gasteiger partial charge in [-0.05, 0) is 56.5 Å². The second kappa shape index (κ2) is 8.02. The predicted octanol–water partition coefficient (Wildman–Crippen LogP) is 3.03. The standard InChI is InChI=1S/C22H23N3O4/c1-14-8-16(9-17(11-23)22(26)24-12-19-4-3-7-27-19)15(2)25(14)18-5-6-20-21(10-18)29-13-28-20/h5-6,8-10,19H,3-4,7,12-13H2,1-2H3,(H,24,26)/b17-9+/t19-/m1/s1. The summed E-state index contributed by atoms with van der Waals surface area (Å²) in [5.74, 6) is 1.06. The fraction of sp³-hybridized carbons (Fsp3) is 0.364. The Kier molecular flexibility index (Phi) is 5.28. The van der Waals surface area contributed by atoms with Crippen molar-refractivity contribution in [2.24, 2.45) is 0 Å². The van der Waals surface area contributed by atoms with Gasteiger partial charge in [-0.2, -0.15) is 5.26 Å². The normalized spacial score (nSPS) is 18.0. The summed E-state index contributed by atoms with van der Waals surface area (Å²) in [6.07, 6.45) is 3.61. The van der Waals surface area contributed by atoms with Gasteiger partial charge in [0.1, 0.15) is 11.6 Å². The van der Waals surface area contributed by atoms with Crippen molar-refractivity contribution in [3.05, 3.63) is 46.8 Å². The number of nitriles is 1. The number of rotatable bonds is 5. The largest absolute Gasteiger partial charge is 0.454 e. The molecular formula is C22H23N3O4. The van der Waals surface area contributed by atoms with Crippen LogP contribution in [-0.4, -0.2) is 36.5 Å². The van der Waals surface area contributed by atoms with Crippen molar-refractivity contribution in [1.29, 1.82) is 5.26 Å². The van der Waals surface area contributed by atoms with E-state index in [1.807, 2.05) is 44.2 Å². The average molecular weight is 393 g/mol. The zero-order valence-corrected chi connectivity index (χ0v) is 16.5. The highest BCUT2D eigenvalue weighted by Gasteiger charge is 2.19. The molecule has 7 heteroatoms. The molecule has 0 bridgehead atoms. The van der Waals surface area contributed by atoms with Gasteiger partial charge in [-0.25, -0.2) is 0 Å². The highest BCUT2D eigenvalue weighted by atomic mass is 16.7. The fourth-order valence-corrected chi connectivity index (χ4v) is 3.77. The van der Waals surface area contributed by atoms with Gasteiger partial charge in [0.2, 0.25) is 6.79 Å². The number of ether oxygens (including phenoxy) is 3. The van der Waals surface area contributed by atoms with Crippen molar-refractivity contribution < 1.29 is 19.0 Å². The summed E-state index contributed by atoms with van der Waals surface area (Å²) in [5.41, 5.74) is 3.76. The molecule has 7 nitrogen and oxygen atoms in total. The van der Waals surface area contributed by atoms with Crippen molar-refractivity contribution >= 4 is 12.0 Å². The van der Waals surface area contributed by atoms with E-state index in [-0.39, 0.29) is 24.4 Å². The maximum absolute atomic E-state index is 12.4. The molecule has 0 aliphatic carbocycles. The van der Waals surface area contributed by atoms with E-state index < -0.39 is 0 Å². The summed E-state index contributed by atoms with van der Waals surface area (Å²) in [4.78, 5) is 12.4. The highest BCUT2D eigenvalue weighted by Crippen LogP contribution is 2.35. The summed E-state index contributed by atoms with van der Waals surface area (Å²) in [6.45, 7) is 5.32. The van der Waals surface area contributed by atoms with Crippen LogP contribution < -0.4 is 14.8 Å². The number of hydrogen-bond acceptors (Lipinski definition) is 5. The molecule has 1 saturated heterocycles. The summed E-state index contributed by atoms with van der Waals surface area (Å²) in [6, 6.07) is 9.75. The van der Waals surface area contributed by atoms with E-state index in [0.717, 1.165) is 47.8 Å².